The number of amides is 1. The summed E-state index contributed by atoms with van der Waals surface area (Å²) in [4.78, 5) is 23.9. The summed E-state index contributed by atoms with van der Waals surface area (Å²) in [6.07, 6.45) is 3.49. The molecule has 176 valence electrons. The molecule has 1 aromatic heterocycles. The highest BCUT2D eigenvalue weighted by Crippen LogP contribution is 2.24. The summed E-state index contributed by atoms with van der Waals surface area (Å²) in [5.41, 5.74) is 10.7. The third-order valence-corrected chi connectivity index (χ3v) is 6.45. The highest BCUT2D eigenvalue weighted by Gasteiger charge is 2.20. The first kappa shape index (κ1) is 23.6. The number of nitrogens with one attached hydrogen (secondary N) is 2. The van der Waals surface area contributed by atoms with Gasteiger partial charge in [-0.1, -0.05) is 35.9 Å². The summed E-state index contributed by atoms with van der Waals surface area (Å²) < 4.78 is 16.7. The van der Waals surface area contributed by atoms with Gasteiger partial charge in [-0.3, -0.25) is 9.57 Å². The zero-order chi connectivity index (χ0) is 24.1. The van der Waals surface area contributed by atoms with Crippen molar-refractivity contribution in [3.8, 4) is 0 Å². The minimum Gasteiger partial charge on any atom is -0.370 e. The molecule has 9 heteroatoms. The van der Waals surface area contributed by atoms with Gasteiger partial charge in [0.15, 0.2) is 0 Å². The Morgan fingerprint density at radius 3 is 2.56 bits per heavy atom. The highest BCUT2D eigenvalue weighted by molar-refractivity contribution is 7.80. The smallest absolute Gasteiger partial charge is 0.254 e. The van der Waals surface area contributed by atoms with Crippen LogP contribution in [0.2, 0.25) is 0 Å². The van der Waals surface area contributed by atoms with E-state index in [2.05, 4.69) is 15.3 Å². The van der Waals surface area contributed by atoms with Gasteiger partial charge in [-0.05, 0) is 55.2 Å². The minimum atomic E-state index is -1.47. The summed E-state index contributed by atoms with van der Waals surface area (Å²) >= 11 is 0. The van der Waals surface area contributed by atoms with Gasteiger partial charge in [-0.2, -0.15) is 4.98 Å². The molecule has 0 spiro atoms. The number of rotatable bonds is 7. The van der Waals surface area contributed by atoms with E-state index in [1.54, 1.807) is 12.1 Å². The van der Waals surface area contributed by atoms with Crippen LogP contribution in [-0.4, -0.2) is 45.0 Å². The molecule has 1 atom stereocenters. The Kier molecular flexibility index (Phi) is 7.34. The number of hydrogen-bond acceptors (Lipinski definition) is 6. The maximum atomic E-state index is 12.8. The van der Waals surface area contributed by atoms with Gasteiger partial charge in [0.1, 0.15) is 5.82 Å². The summed E-state index contributed by atoms with van der Waals surface area (Å²) in [5, 5.41) is 3.30. The maximum absolute atomic E-state index is 12.8. The van der Waals surface area contributed by atoms with Crippen LogP contribution >= 0.6 is 0 Å². The average Bonchev–Trinajstić information content (AvgIpc) is 2.84. The van der Waals surface area contributed by atoms with Gasteiger partial charge >= 0.3 is 0 Å². The molecule has 2 aromatic carbocycles. The molecule has 1 unspecified atom stereocenters. The molecule has 0 aliphatic carbocycles. The van der Waals surface area contributed by atoms with Crippen molar-refractivity contribution in [3.63, 3.8) is 0 Å². The lowest BCUT2D eigenvalue weighted by Crippen LogP contribution is -2.34. The van der Waals surface area contributed by atoms with Gasteiger partial charge in [0.25, 0.3) is 5.91 Å². The van der Waals surface area contributed by atoms with E-state index in [0.29, 0.717) is 42.3 Å². The summed E-state index contributed by atoms with van der Waals surface area (Å²) in [6, 6.07) is 16.9. The monoisotopic (exact) mass is 476 g/mol. The Morgan fingerprint density at radius 1 is 1.18 bits per heavy atom. The molecule has 1 aliphatic heterocycles. The predicted octanol–water partition coefficient (Wildman–Crippen LogP) is 4.16. The molecular formula is C25H28N6O2S. The van der Waals surface area contributed by atoms with Gasteiger partial charge < -0.3 is 20.5 Å². The Morgan fingerprint density at radius 2 is 1.91 bits per heavy atom. The van der Waals surface area contributed by atoms with Crippen molar-refractivity contribution in [2.75, 3.05) is 30.7 Å². The van der Waals surface area contributed by atoms with Gasteiger partial charge in [0.2, 0.25) is 5.95 Å². The third kappa shape index (κ3) is 5.86. The van der Waals surface area contributed by atoms with Crippen molar-refractivity contribution < 1.29 is 9.35 Å². The number of aromatic nitrogens is 2. The number of aryl methyl sites for hydroxylation is 1. The van der Waals surface area contributed by atoms with E-state index >= 15 is 0 Å². The number of carbonyl (C=O) groups is 1. The fourth-order valence-electron chi connectivity index (χ4n) is 3.81. The van der Waals surface area contributed by atoms with E-state index in [4.69, 9.17) is 10.5 Å². The summed E-state index contributed by atoms with van der Waals surface area (Å²) in [7, 11) is -1.47. The lowest BCUT2D eigenvalue weighted by atomic mass is 10.0. The number of benzene rings is 2. The zero-order valence-corrected chi connectivity index (χ0v) is 19.8. The van der Waals surface area contributed by atoms with Crippen molar-refractivity contribution >= 4 is 34.2 Å². The average molecular weight is 477 g/mol. The van der Waals surface area contributed by atoms with Crippen molar-refractivity contribution in [2.24, 2.45) is 0 Å². The van der Waals surface area contributed by atoms with Crippen LogP contribution in [0.1, 0.15) is 33.6 Å². The third-order valence-electron chi connectivity index (χ3n) is 5.73. The zero-order valence-electron chi connectivity index (χ0n) is 19.0. The SMILES string of the molecule is Cc1ccc(C(=O)N2CC=C(c3cc(NCCc4ccc(S(=N)O)cc4)nc(N)n3)CC2)cc1. The van der Waals surface area contributed by atoms with E-state index in [9.17, 15) is 9.35 Å². The fourth-order valence-corrected chi connectivity index (χ4v) is 4.20. The van der Waals surface area contributed by atoms with Crippen LogP contribution in [0.4, 0.5) is 11.8 Å². The van der Waals surface area contributed by atoms with Gasteiger partial charge in [-0.15, -0.1) is 0 Å². The molecule has 4 rings (SSSR count). The molecule has 8 nitrogen and oxygen atoms in total. The van der Waals surface area contributed by atoms with Crippen LogP contribution in [0.25, 0.3) is 5.57 Å². The molecule has 0 saturated heterocycles. The number of carbonyl (C=O) groups excluding carboxylic acids is 1. The van der Waals surface area contributed by atoms with Crippen LogP contribution in [0, 0.1) is 11.7 Å². The number of nitrogens with two attached hydrogens (primary N) is 1. The van der Waals surface area contributed by atoms with E-state index < -0.39 is 11.0 Å². The van der Waals surface area contributed by atoms with Crippen molar-refractivity contribution in [2.45, 2.75) is 24.7 Å². The van der Waals surface area contributed by atoms with Gasteiger partial charge in [0, 0.05) is 36.2 Å². The van der Waals surface area contributed by atoms with E-state index in [-0.39, 0.29) is 11.9 Å². The first-order valence-electron chi connectivity index (χ1n) is 11.1. The minimum absolute atomic E-state index is 0.0330. The first-order chi connectivity index (χ1) is 16.4. The largest absolute Gasteiger partial charge is 0.370 e. The van der Waals surface area contributed by atoms with E-state index in [1.807, 2.05) is 60.4 Å². The molecule has 0 radical (unpaired) electrons. The molecular weight excluding hydrogens is 448 g/mol. The Labute approximate surface area is 201 Å². The molecule has 0 bridgehead atoms. The molecule has 5 N–H and O–H groups in total. The van der Waals surface area contributed by atoms with Crippen LogP contribution in [0.3, 0.4) is 0 Å². The second kappa shape index (κ2) is 10.6. The van der Waals surface area contributed by atoms with Crippen LogP contribution in [-0.2, 0) is 17.4 Å². The van der Waals surface area contributed by atoms with Crippen LogP contribution in [0.5, 0.6) is 0 Å². The molecule has 2 heterocycles. The van der Waals surface area contributed by atoms with E-state index in [0.717, 1.165) is 28.8 Å². The summed E-state index contributed by atoms with van der Waals surface area (Å²) in [6.45, 7) is 3.80. The highest BCUT2D eigenvalue weighted by atomic mass is 32.2. The number of hydrogen-bond donors (Lipinski definition) is 4. The first-order valence-corrected chi connectivity index (χ1v) is 12.2. The van der Waals surface area contributed by atoms with Crippen molar-refractivity contribution in [1.82, 2.24) is 14.9 Å². The lowest BCUT2D eigenvalue weighted by molar-refractivity contribution is 0.0773. The topological polar surface area (TPSA) is 128 Å². The van der Waals surface area contributed by atoms with Crippen LogP contribution in [0.15, 0.2) is 65.6 Å². The lowest BCUT2D eigenvalue weighted by Gasteiger charge is -2.26. The molecule has 0 fully saturated rings. The Hall–Kier alpha value is -3.56. The quantitative estimate of drug-likeness (QED) is 0.405. The van der Waals surface area contributed by atoms with E-state index in [1.165, 1.54) is 0 Å². The van der Waals surface area contributed by atoms with Gasteiger partial charge in [-0.25, -0.2) is 4.98 Å². The predicted molar refractivity (Wildman–Crippen MR) is 136 cm³/mol. The fraction of sp³-hybridized carbons (Fsp3) is 0.240. The molecule has 0 saturated carbocycles. The van der Waals surface area contributed by atoms with Crippen molar-refractivity contribution in [3.05, 3.63) is 83.1 Å². The number of anilines is 2. The number of nitrogen functional groups attached to an aromatic ring is 1. The van der Waals surface area contributed by atoms with Crippen LogP contribution < -0.4 is 11.1 Å². The molecule has 34 heavy (non-hydrogen) atoms. The normalized spacial score (nSPS) is 14.4. The van der Waals surface area contributed by atoms with Gasteiger partial charge in [0.05, 0.1) is 16.7 Å². The Balaban J connectivity index is 1.37. The second-order valence-electron chi connectivity index (χ2n) is 8.20. The Bertz CT molecular complexity index is 1230. The number of nitrogens with zero attached hydrogens (tertiary/aromatic N) is 3. The molecule has 1 aliphatic rings. The van der Waals surface area contributed by atoms with Crippen molar-refractivity contribution in [1.29, 1.82) is 4.78 Å². The standard InChI is InChI=1S/C25H28N6O2S/c1-17-2-6-20(7-3-17)24(32)31-14-11-19(12-15-31)22-16-23(30-25(26)29-22)28-13-10-18-4-8-21(9-5-18)34(27)33/h2-9,11,16H,10,12-15H2,1H3,(H2,27,33)(H3,26,28,29,30). The summed E-state index contributed by atoms with van der Waals surface area (Å²) in [5.74, 6) is 0.890. The molecule has 1 amide bonds. The maximum Gasteiger partial charge on any atom is 0.254 e. The molecule has 3 aromatic rings. The second-order valence-corrected chi connectivity index (χ2v) is 9.24.